The predicted octanol–water partition coefficient (Wildman–Crippen LogP) is 2.02. The third-order valence-corrected chi connectivity index (χ3v) is 6.41. The maximum atomic E-state index is 13.2. The first-order valence-electron chi connectivity index (χ1n) is 11.4. The average Bonchev–Trinajstić information content (AvgIpc) is 2.82. The Morgan fingerprint density at radius 1 is 1.09 bits per heavy atom. The van der Waals surface area contributed by atoms with E-state index in [1.807, 2.05) is 17.4 Å². The molecule has 2 fully saturated rings. The van der Waals surface area contributed by atoms with Gasteiger partial charge in [-0.3, -0.25) is 19.6 Å². The Kier molecular flexibility index (Phi) is 8.15. The number of carbonyl (C=O) groups excluding carboxylic acids is 1. The SMILES string of the molecule is O=C(N[C@H](CF)[C@@H](O)c1ccc(-c2ccc(CN3CCN(C4COC4)CC3)nc2)cc1)C(F)F. The van der Waals surface area contributed by atoms with Gasteiger partial charge >= 0.3 is 6.43 Å². The minimum atomic E-state index is -3.27. The zero-order chi connectivity index (χ0) is 24.1. The molecule has 0 aliphatic carbocycles. The second-order valence-electron chi connectivity index (χ2n) is 8.68. The highest BCUT2D eigenvalue weighted by Crippen LogP contribution is 2.24. The van der Waals surface area contributed by atoms with Crippen LogP contribution in [0.15, 0.2) is 42.6 Å². The molecular weight excluding hydrogens is 449 g/mol. The number of halogens is 3. The first-order valence-corrected chi connectivity index (χ1v) is 11.4. The van der Waals surface area contributed by atoms with Gasteiger partial charge in [-0.15, -0.1) is 0 Å². The van der Waals surface area contributed by atoms with E-state index in [4.69, 9.17) is 4.74 Å². The lowest BCUT2D eigenvalue weighted by Gasteiger charge is -2.42. The number of pyridine rings is 1. The Hall–Kier alpha value is -2.53. The molecule has 2 saturated heterocycles. The van der Waals surface area contributed by atoms with Crippen molar-refractivity contribution in [3.8, 4) is 11.1 Å². The number of carbonyl (C=O) groups is 1. The number of rotatable bonds is 9. The van der Waals surface area contributed by atoms with Crippen molar-refractivity contribution in [2.45, 2.75) is 31.2 Å². The molecule has 0 saturated carbocycles. The van der Waals surface area contributed by atoms with Crippen molar-refractivity contribution in [3.05, 3.63) is 53.9 Å². The molecule has 2 aliphatic heterocycles. The van der Waals surface area contributed by atoms with Gasteiger partial charge in [0.05, 0.1) is 31.0 Å². The summed E-state index contributed by atoms with van der Waals surface area (Å²) in [4.78, 5) is 20.6. The highest BCUT2D eigenvalue weighted by Gasteiger charge is 2.29. The van der Waals surface area contributed by atoms with Crippen LogP contribution in [0.2, 0.25) is 0 Å². The highest BCUT2D eigenvalue weighted by atomic mass is 19.3. The van der Waals surface area contributed by atoms with Crippen molar-refractivity contribution in [1.29, 1.82) is 0 Å². The number of piperazine rings is 1. The zero-order valence-corrected chi connectivity index (χ0v) is 18.7. The predicted molar refractivity (Wildman–Crippen MR) is 120 cm³/mol. The van der Waals surface area contributed by atoms with Gasteiger partial charge < -0.3 is 15.2 Å². The Labute approximate surface area is 196 Å². The van der Waals surface area contributed by atoms with E-state index in [9.17, 15) is 23.1 Å². The zero-order valence-electron chi connectivity index (χ0n) is 18.7. The van der Waals surface area contributed by atoms with E-state index in [1.165, 1.54) is 0 Å². The molecule has 34 heavy (non-hydrogen) atoms. The largest absolute Gasteiger partial charge is 0.386 e. The standard InChI is InChI=1S/C24H29F3N4O3/c25-11-21(29-24(33)23(26)27)22(32)17-3-1-16(2-4-17)18-5-6-19(28-12-18)13-30-7-9-31(10-8-30)20-14-34-15-20/h1-6,12,20-23,32H,7-11,13-15H2,(H,29,33)/t21-,22+/m1/s1. The first kappa shape index (κ1) is 24.6. The molecule has 4 rings (SSSR count). The summed E-state index contributed by atoms with van der Waals surface area (Å²) < 4.78 is 43.3. The second kappa shape index (κ2) is 11.3. The number of nitrogens with one attached hydrogen (secondary N) is 1. The number of ether oxygens (including phenoxy) is 1. The van der Waals surface area contributed by atoms with Gasteiger partial charge in [-0.1, -0.05) is 30.3 Å². The van der Waals surface area contributed by atoms with E-state index in [0.29, 0.717) is 11.6 Å². The number of aliphatic hydroxyl groups excluding tert-OH is 1. The number of benzene rings is 1. The minimum Gasteiger partial charge on any atom is -0.386 e. The van der Waals surface area contributed by atoms with Gasteiger partial charge in [0.2, 0.25) is 0 Å². The third-order valence-electron chi connectivity index (χ3n) is 6.41. The number of aromatic nitrogens is 1. The molecule has 2 aliphatic rings. The number of aliphatic hydroxyl groups is 1. The van der Waals surface area contributed by atoms with Crippen molar-refractivity contribution in [3.63, 3.8) is 0 Å². The number of amides is 1. The van der Waals surface area contributed by atoms with Gasteiger partial charge in [0, 0.05) is 44.5 Å². The van der Waals surface area contributed by atoms with Crippen LogP contribution >= 0.6 is 0 Å². The van der Waals surface area contributed by atoms with E-state index in [1.54, 1.807) is 30.5 Å². The van der Waals surface area contributed by atoms with Crippen LogP contribution in [0.5, 0.6) is 0 Å². The van der Waals surface area contributed by atoms with Crippen molar-refractivity contribution in [1.82, 2.24) is 20.1 Å². The molecule has 2 atom stereocenters. The average molecular weight is 479 g/mol. The molecular formula is C24H29F3N4O3. The first-order chi connectivity index (χ1) is 16.4. The van der Waals surface area contributed by atoms with Crippen LogP contribution in [-0.4, -0.2) is 90.4 Å². The lowest BCUT2D eigenvalue weighted by atomic mass is 9.99. The Bertz CT molecular complexity index is 933. The molecule has 0 bridgehead atoms. The van der Waals surface area contributed by atoms with Crippen LogP contribution in [0.4, 0.5) is 13.2 Å². The van der Waals surface area contributed by atoms with Crippen LogP contribution in [0.3, 0.4) is 0 Å². The molecule has 0 radical (unpaired) electrons. The van der Waals surface area contributed by atoms with Crippen LogP contribution in [0, 0.1) is 0 Å². The van der Waals surface area contributed by atoms with Crippen LogP contribution < -0.4 is 5.32 Å². The normalized spacial score (nSPS) is 19.6. The fourth-order valence-corrected chi connectivity index (χ4v) is 4.19. The molecule has 10 heteroatoms. The summed E-state index contributed by atoms with van der Waals surface area (Å²) in [6.45, 7) is 5.39. The summed E-state index contributed by atoms with van der Waals surface area (Å²) in [5.41, 5.74) is 3.03. The third kappa shape index (κ3) is 5.93. The monoisotopic (exact) mass is 478 g/mol. The lowest BCUT2D eigenvalue weighted by Crippen LogP contribution is -2.56. The molecule has 3 heterocycles. The fraction of sp³-hybridized carbons (Fsp3) is 0.500. The van der Waals surface area contributed by atoms with E-state index in [0.717, 1.165) is 62.8 Å². The molecule has 184 valence electrons. The molecule has 2 N–H and O–H groups in total. The number of nitrogens with zero attached hydrogens (tertiary/aromatic N) is 3. The maximum absolute atomic E-state index is 13.2. The van der Waals surface area contributed by atoms with Crippen LogP contribution in [0.25, 0.3) is 11.1 Å². The summed E-state index contributed by atoms with van der Waals surface area (Å²) in [5, 5.41) is 12.1. The quantitative estimate of drug-likeness (QED) is 0.574. The fourth-order valence-electron chi connectivity index (χ4n) is 4.19. The molecule has 1 aromatic heterocycles. The van der Waals surface area contributed by atoms with E-state index in [-0.39, 0.29) is 0 Å². The van der Waals surface area contributed by atoms with Crippen LogP contribution in [-0.2, 0) is 16.1 Å². The van der Waals surface area contributed by atoms with Gasteiger partial charge in [0.1, 0.15) is 12.8 Å². The van der Waals surface area contributed by atoms with Crippen molar-refractivity contribution < 1.29 is 27.8 Å². The van der Waals surface area contributed by atoms with E-state index < -0.39 is 31.2 Å². The minimum absolute atomic E-state index is 0.318. The van der Waals surface area contributed by atoms with Gasteiger partial charge in [0.15, 0.2) is 0 Å². The van der Waals surface area contributed by atoms with Gasteiger partial charge in [-0.25, -0.2) is 4.39 Å². The van der Waals surface area contributed by atoms with E-state index >= 15 is 0 Å². The molecule has 0 spiro atoms. The molecule has 7 nitrogen and oxygen atoms in total. The second-order valence-corrected chi connectivity index (χ2v) is 8.68. The topological polar surface area (TPSA) is 77.9 Å². The Balaban J connectivity index is 1.31. The summed E-state index contributed by atoms with van der Waals surface area (Å²) in [5.74, 6) is -1.61. The van der Waals surface area contributed by atoms with E-state index in [2.05, 4.69) is 14.8 Å². The summed E-state index contributed by atoms with van der Waals surface area (Å²) >= 11 is 0. The maximum Gasteiger partial charge on any atom is 0.315 e. The number of hydrogen-bond donors (Lipinski definition) is 2. The molecule has 0 unspecified atom stereocenters. The summed E-state index contributed by atoms with van der Waals surface area (Å²) in [7, 11) is 0. The van der Waals surface area contributed by atoms with Gasteiger partial charge in [0.25, 0.3) is 5.91 Å². The summed E-state index contributed by atoms with van der Waals surface area (Å²) in [6.07, 6.45) is -2.93. The highest BCUT2D eigenvalue weighted by molar-refractivity contribution is 5.79. The lowest BCUT2D eigenvalue weighted by molar-refractivity contribution is -0.133. The summed E-state index contributed by atoms with van der Waals surface area (Å²) in [6, 6.07) is 9.73. The van der Waals surface area contributed by atoms with Crippen molar-refractivity contribution in [2.75, 3.05) is 46.1 Å². The molecule has 1 amide bonds. The molecule has 2 aromatic rings. The van der Waals surface area contributed by atoms with Gasteiger partial charge in [-0.2, -0.15) is 8.78 Å². The Morgan fingerprint density at radius 2 is 1.76 bits per heavy atom. The number of alkyl halides is 3. The smallest absolute Gasteiger partial charge is 0.315 e. The number of hydrogen-bond acceptors (Lipinski definition) is 6. The van der Waals surface area contributed by atoms with Crippen molar-refractivity contribution >= 4 is 5.91 Å². The van der Waals surface area contributed by atoms with Crippen LogP contribution in [0.1, 0.15) is 17.4 Å². The van der Waals surface area contributed by atoms with Crippen molar-refractivity contribution in [2.24, 2.45) is 0 Å². The Morgan fingerprint density at radius 3 is 2.29 bits per heavy atom. The van der Waals surface area contributed by atoms with Gasteiger partial charge in [-0.05, 0) is 17.2 Å². The molecule has 1 aromatic carbocycles.